The predicted molar refractivity (Wildman–Crippen MR) is 72.8 cm³/mol. The van der Waals surface area contributed by atoms with E-state index in [4.69, 9.17) is 5.73 Å². The van der Waals surface area contributed by atoms with Crippen LogP contribution in [0.2, 0.25) is 0 Å². The Kier molecular flexibility index (Phi) is 4.20. The van der Waals surface area contributed by atoms with Crippen molar-refractivity contribution in [2.45, 2.75) is 10.9 Å². The molecule has 90 valence electrons. The Labute approximate surface area is 113 Å². The summed E-state index contributed by atoms with van der Waals surface area (Å²) in [6, 6.07) is 7.99. The van der Waals surface area contributed by atoms with Crippen LogP contribution in [-0.4, -0.2) is 20.5 Å². The van der Waals surface area contributed by atoms with Gasteiger partial charge in [0, 0.05) is 22.2 Å². The summed E-state index contributed by atoms with van der Waals surface area (Å²) in [6.45, 7) is 0. The molecule has 0 spiro atoms. The van der Waals surface area contributed by atoms with Crippen molar-refractivity contribution in [2.24, 2.45) is 12.8 Å². The first-order valence-electron chi connectivity index (χ1n) is 5.15. The Morgan fingerprint density at radius 3 is 2.88 bits per heavy atom. The number of rotatable bonds is 4. The summed E-state index contributed by atoms with van der Waals surface area (Å²) in [5, 5.41) is 4.02. The molecule has 0 aliphatic carbocycles. The molecule has 0 fully saturated rings. The van der Waals surface area contributed by atoms with Gasteiger partial charge in [-0.2, -0.15) is 5.10 Å². The molecule has 2 aromatic rings. The first-order chi connectivity index (χ1) is 8.18. The summed E-state index contributed by atoms with van der Waals surface area (Å²) in [4.78, 5) is 5.34. The van der Waals surface area contributed by atoms with Crippen molar-refractivity contribution in [3.63, 3.8) is 0 Å². The van der Waals surface area contributed by atoms with E-state index in [2.05, 4.69) is 32.1 Å². The average Bonchev–Trinajstić information content (AvgIpc) is 2.74. The maximum Gasteiger partial charge on any atom is 0.144 e. The summed E-state index contributed by atoms with van der Waals surface area (Å²) in [6.07, 6.45) is 1.53. The molecular formula is C11H13BrN4S. The molecule has 1 unspecified atom stereocenters. The number of halogens is 1. The lowest BCUT2D eigenvalue weighted by Gasteiger charge is -2.10. The molecule has 0 saturated heterocycles. The average molecular weight is 313 g/mol. The first-order valence-corrected chi connectivity index (χ1v) is 6.93. The van der Waals surface area contributed by atoms with Gasteiger partial charge in [-0.05, 0) is 28.1 Å². The molecule has 0 bridgehead atoms. The van der Waals surface area contributed by atoms with Gasteiger partial charge in [-0.3, -0.25) is 4.68 Å². The Bertz CT molecular complexity index is 500. The second-order valence-electron chi connectivity index (χ2n) is 3.59. The third-order valence-electron chi connectivity index (χ3n) is 2.33. The van der Waals surface area contributed by atoms with Crippen LogP contribution in [0.4, 0.5) is 0 Å². The number of hydrogen-bond donors (Lipinski definition) is 1. The molecule has 17 heavy (non-hydrogen) atoms. The molecule has 0 amide bonds. The third kappa shape index (κ3) is 3.08. The number of thioether (sulfide) groups is 1. The molecule has 0 radical (unpaired) electrons. The quantitative estimate of drug-likeness (QED) is 0.881. The van der Waals surface area contributed by atoms with E-state index >= 15 is 0 Å². The lowest BCUT2D eigenvalue weighted by molar-refractivity contribution is 0.644. The van der Waals surface area contributed by atoms with E-state index in [1.165, 1.54) is 11.2 Å². The topological polar surface area (TPSA) is 56.7 Å². The van der Waals surface area contributed by atoms with E-state index in [9.17, 15) is 0 Å². The highest BCUT2D eigenvalue weighted by molar-refractivity contribution is 9.10. The van der Waals surface area contributed by atoms with Crippen LogP contribution in [0, 0.1) is 0 Å². The zero-order valence-electron chi connectivity index (χ0n) is 9.38. The van der Waals surface area contributed by atoms with E-state index in [0.717, 1.165) is 16.0 Å². The maximum atomic E-state index is 6.08. The summed E-state index contributed by atoms with van der Waals surface area (Å²) >= 11 is 5.22. The lowest BCUT2D eigenvalue weighted by Crippen LogP contribution is -2.18. The molecule has 2 rings (SSSR count). The summed E-state index contributed by atoms with van der Waals surface area (Å²) in [7, 11) is 1.85. The molecule has 0 aliphatic rings. The van der Waals surface area contributed by atoms with E-state index in [1.807, 2.05) is 25.2 Å². The monoisotopic (exact) mass is 312 g/mol. The molecule has 6 heteroatoms. The molecule has 1 aromatic carbocycles. The number of hydrogen-bond acceptors (Lipinski definition) is 4. The van der Waals surface area contributed by atoms with Crippen molar-refractivity contribution in [1.29, 1.82) is 0 Å². The minimum absolute atomic E-state index is 0.111. The molecule has 0 aliphatic heterocycles. The number of nitrogens with zero attached hydrogens (tertiary/aromatic N) is 3. The normalized spacial score (nSPS) is 12.6. The van der Waals surface area contributed by atoms with E-state index in [-0.39, 0.29) is 6.04 Å². The van der Waals surface area contributed by atoms with Crippen LogP contribution in [0.5, 0.6) is 0 Å². The number of aromatic nitrogens is 3. The van der Waals surface area contributed by atoms with Gasteiger partial charge in [-0.15, -0.1) is 11.8 Å². The Morgan fingerprint density at radius 1 is 1.47 bits per heavy atom. The van der Waals surface area contributed by atoms with Crippen LogP contribution < -0.4 is 5.73 Å². The fourth-order valence-corrected chi connectivity index (χ4v) is 2.97. The largest absolute Gasteiger partial charge is 0.321 e. The molecule has 2 N–H and O–H groups in total. The van der Waals surface area contributed by atoms with Gasteiger partial charge in [0.05, 0.1) is 6.04 Å². The number of benzene rings is 1. The summed E-state index contributed by atoms with van der Waals surface area (Å²) in [5.74, 6) is 1.58. The highest BCUT2D eigenvalue weighted by Crippen LogP contribution is 2.29. The Morgan fingerprint density at radius 2 is 2.24 bits per heavy atom. The SMILES string of the molecule is Cn1ncnc1C(N)CSc1ccccc1Br. The molecule has 0 saturated carbocycles. The molecule has 1 heterocycles. The van der Waals surface area contributed by atoms with Crippen LogP contribution in [0.25, 0.3) is 0 Å². The van der Waals surface area contributed by atoms with Crippen molar-refractivity contribution in [3.8, 4) is 0 Å². The predicted octanol–water partition coefficient (Wildman–Crippen LogP) is 2.37. The molecule has 4 nitrogen and oxygen atoms in total. The van der Waals surface area contributed by atoms with Crippen LogP contribution in [0.3, 0.4) is 0 Å². The van der Waals surface area contributed by atoms with Gasteiger partial charge in [0.25, 0.3) is 0 Å². The van der Waals surface area contributed by atoms with E-state index < -0.39 is 0 Å². The molecular weight excluding hydrogens is 300 g/mol. The van der Waals surface area contributed by atoms with Gasteiger partial charge in [-0.1, -0.05) is 12.1 Å². The Hall–Kier alpha value is -0.850. The van der Waals surface area contributed by atoms with Gasteiger partial charge in [0.2, 0.25) is 0 Å². The second-order valence-corrected chi connectivity index (χ2v) is 5.51. The minimum atomic E-state index is -0.111. The van der Waals surface area contributed by atoms with Crippen molar-refractivity contribution >= 4 is 27.7 Å². The van der Waals surface area contributed by atoms with Gasteiger partial charge in [0.15, 0.2) is 0 Å². The maximum absolute atomic E-state index is 6.08. The lowest BCUT2D eigenvalue weighted by atomic mass is 10.3. The van der Waals surface area contributed by atoms with E-state index in [1.54, 1.807) is 16.4 Å². The van der Waals surface area contributed by atoms with Crippen molar-refractivity contribution < 1.29 is 0 Å². The smallest absolute Gasteiger partial charge is 0.144 e. The van der Waals surface area contributed by atoms with Gasteiger partial charge >= 0.3 is 0 Å². The van der Waals surface area contributed by atoms with Crippen LogP contribution >= 0.6 is 27.7 Å². The fraction of sp³-hybridized carbons (Fsp3) is 0.273. The summed E-state index contributed by atoms with van der Waals surface area (Å²) < 4.78 is 2.81. The highest BCUT2D eigenvalue weighted by atomic mass is 79.9. The van der Waals surface area contributed by atoms with E-state index in [0.29, 0.717) is 0 Å². The van der Waals surface area contributed by atoms with Crippen molar-refractivity contribution in [2.75, 3.05) is 5.75 Å². The van der Waals surface area contributed by atoms with Crippen LogP contribution in [-0.2, 0) is 7.05 Å². The standard InChI is InChI=1S/C11H13BrN4S/c1-16-11(14-7-15-16)9(13)6-17-10-5-3-2-4-8(10)12/h2-5,7,9H,6,13H2,1H3. The van der Waals surface area contributed by atoms with Crippen LogP contribution in [0.15, 0.2) is 40.0 Å². The second kappa shape index (κ2) is 5.66. The zero-order valence-corrected chi connectivity index (χ0v) is 11.8. The molecule has 1 atom stereocenters. The third-order valence-corrected chi connectivity index (χ3v) is 4.48. The fourth-order valence-electron chi connectivity index (χ4n) is 1.46. The zero-order chi connectivity index (χ0) is 12.3. The van der Waals surface area contributed by atoms with Gasteiger partial charge in [-0.25, -0.2) is 4.98 Å². The highest BCUT2D eigenvalue weighted by Gasteiger charge is 2.12. The Balaban J connectivity index is 2.00. The number of aryl methyl sites for hydroxylation is 1. The van der Waals surface area contributed by atoms with Crippen LogP contribution in [0.1, 0.15) is 11.9 Å². The minimum Gasteiger partial charge on any atom is -0.321 e. The number of nitrogens with two attached hydrogens (primary N) is 1. The van der Waals surface area contributed by atoms with Crippen molar-refractivity contribution in [1.82, 2.24) is 14.8 Å². The first kappa shape index (κ1) is 12.6. The summed E-state index contributed by atoms with van der Waals surface area (Å²) in [5.41, 5.74) is 6.08. The molecule has 1 aromatic heterocycles. The van der Waals surface area contributed by atoms with Gasteiger partial charge in [0.1, 0.15) is 12.2 Å². The van der Waals surface area contributed by atoms with Crippen molar-refractivity contribution in [3.05, 3.63) is 40.9 Å². The van der Waals surface area contributed by atoms with Gasteiger partial charge < -0.3 is 5.73 Å².